The highest BCUT2D eigenvalue weighted by atomic mass is 32.1. The van der Waals surface area contributed by atoms with Gasteiger partial charge in [-0.2, -0.15) is 13.2 Å². The molecule has 0 aromatic carbocycles. The van der Waals surface area contributed by atoms with E-state index in [9.17, 15) is 18.0 Å². The first-order chi connectivity index (χ1) is 6.86. The molecule has 0 fully saturated rings. The Kier molecular flexibility index (Phi) is 3.35. The Hall–Kier alpha value is -1.08. The molecule has 0 amide bonds. The van der Waals surface area contributed by atoms with Crippen molar-refractivity contribution >= 4 is 17.3 Å². The molecule has 0 aliphatic heterocycles. The number of methoxy groups -OCH3 is 1. The lowest BCUT2D eigenvalue weighted by Crippen LogP contribution is -2.19. The molecule has 1 unspecified atom stereocenters. The van der Waals surface area contributed by atoms with Gasteiger partial charge in [0.15, 0.2) is 6.10 Å². The van der Waals surface area contributed by atoms with Crippen molar-refractivity contribution < 1.29 is 27.8 Å². The Morgan fingerprint density at radius 3 is 2.67 bits per heavy atom. The van der Waals surface area contributed by atoms with E-state index in [4.69, 9.17) is 5.11 Å². The number of aliphatic hydroxyl groups excluding tert-OH is 1. The van der Waals surface area contributed by atoms with E-state index in [0.29, 0.717) is 11.3 Å². The Balaban J connectivity index is 2.89. The van der Waals surface area contributed by atoms with Crippen LogP contribution in [0, 0.1) is 0 Å². The lowest BCUT2D eigenvalue weighted by atomic mass is 10.2. The van der Waals surface area contributed by atoms with Gasteiger partial charge >= 0.3 is 12.1 Å². The molecule has 1 rings (SSSR count). The zero-order chi connectivity index (χ0) is 11.6. The molecule has 1 atom stereocenters. The lowest BCUT2D eigenvalue weighted by molar-refractivity contribution is -0.205. The number of rotatable bonds is 2. The molecule has 0 aliphatic rings. The fourth-order valence-electron chi connectivity index (χ4n) is 0.882. The van der Waals surface area contributed by atoms with Crippen molar-refractivity contribution in [1.29, 1.82) is 0 Å². The number of aliphatic hydroxyl groups is 1. The molecule has 7 heteroatoms. The minimum atomic E-state index is -4.72. The summed E-state index contributed by atoms with van der Waals surface area (Å²) in [6.45, 7) is 0. The molecule has 84 valence electrons. The summed E-state index contributed by atoms with van der Waals surface area (Å²) in [4.78, 5) is 10.6. The van der Waals surface area contributed by atoms with Crippen LogP contribution in [-0.4, -0.2) is 24.4 Å². The van der Waals surface area contributed by atoms with Crippen molar-refractivity contribution in [2.45, 2.75) is 12.3 Å². The van der Waals surface area contributed by atoms with Crippen LogP contribution in [0.4, 0.5) is 13.2 Å². The monoisotopic (exact) mass is 240 g/mol. The van der Waals surface area contributed by atoms with Crippen LogP contribution in [0.5, 0.6) is 0 Å². The molecule has 3 nitrogen and oxygen atoms in total. The molecular weight excluding hydrogens is 233 g/mol. The van der Waals surface area contributed by atoms with Crippen molar-refractivity contribution in [1.82, 2.24) is 0 Å². The largest absolute Gasteiger partial charge is 0.465 e. The van der Waals surface area contributed by atoms with E-state index in [1.165, 1.54) is 5.38 Å². The zero-order valence-corrected chi connectivity index (χ0v) is 8.35. The van der Waals surface area contributed by atoms with Crippen molar-refractivity contribution in [3.63, 3.8) is 0 Å². The van der Waals surface area contributed by atoms with Gasteiger partial charge in [-0.05, 0) is 6.07 Å². The van der Waals surface area contributed by atoms with Gasteiger partial charge in [-0.25, -0.2) is 4.79 Å². The molecule has 1 aromatic heterocycles. The quantitative estimate of drug-likeness (QED) is 0.805. The molecule has 1 heterocycles. The summed E-state index contributed by atoms with van der Waals surface area (Å²) in [6, 6.07) is 0.967. The summed E-state index contributed by atoms with van der Waals surface area (Å²) >= 11 is 0.657. The minimum Gasteiger partial charge on any atom is -0.465 e. The van der Waals surface area contributed by atoms with Gasteiger partial charge in [0.05, 0.1) is 12.7 Å². The van der Waals surface area contributed by atoms with E-state index in [1.54, 1.807) is 0 Å². The molecule has 1 aromatic rings. The number of hydrogen-bond donors (Lipinski definition) is 1. The van der Waals surface area contributed by atoms with Crippen LogP contribution in [0.2, 0.25) is 0 Å². The van der Waals surface area contributed by atoms with Crippen LogP contribution in [0.3, 0.4) is 0 Å². The Morgan fingerprint density at radius 2 is 2.20 bits per heavy atom. The highest BCUT2D eigenvalue weighted by molar-refractivity contribution is 7.10. The minimum absolute atomic E-state index is 0.000741. The van der Waals surface area contributed by atoms with Crippen molar-refractivity contribution in [3.05, 3.63) is 21.9 Å². The first-order valence-electron chi connectivity index (χ1n) is 3.77. The third kappa shape index (κ3) is 2.69. The van der Waals surface area contributed by atoms with Crippen LogP contribution >= 0.6 is 11.3 Å². The van der Waals surface area contributed by atoms with Crippen molar-refractivity contribution in [2.75, 3.05) is 7.11 Å². The van der Waals surface area contributed by atoms with Gasteiger partial charge in [-0.1, -0.05) is 0 Å². The average molecular weight is 240 g/mol. The molecule has 1 N–H and O–H groups in total. The second-order valence-electron chi connectivity index (χ2n) is 2.67. The fourth-order valence-corrected chi connectivity index (χ4v) is 1.77. The van der Waals surface area contributed by atoms with Gasteiger partial charge in [0.1, 0.15) is 0 Å². The molecule has 0 spiro atoms. The number of ether oxygens (including phenoxy) is 1. The first kappa shape index (κ1) is 12.0. The maximum Gasteiger partial charge on any atom is 0.419 e. The summed E-state index contributed by atoms with van der Waals surface area (Å²) in [5.41, 5.74) is 0.000741. The highest BCUT2D eigenvalue weighted by Gasteiger charge is 2.40. The van der Waals surface area contributed by atoms with E-state index in [2.05, 4.69) is 4.74 Å². The van der Waals surface area contributed by atoms with E-state index in [-0.39, 0.29) is 10.4 Å². The van der Waals surface area contributed by atoms with Crippen LogP contribution in [0.1, 0.15) is 21.3 Å². The fraction of sp³-hybridized carbons (Fsp3) is 0.375. The van der Waals surface area contributed by atoms with Crippen LogP contribution in [0.25, 0.3) is 0 Å². The SMILES string of the molecule is COC(=O)c1csc(C(O)C(F)(F)F)c1. The molecule has 0 radical (unpaired) electrons. The third-order valence-corrected chi connectivity index (χ3v) is 2.61. The number of alkyl halides is 3. The molecule has 0 bridgehead atoms. The van der Waals surface area contributed by atoms with Crippen molar-refractivity contribution in [3.8, 4) is 0 Å². The van der Waals surface area contributed by atoms with E-state index in [1.807, 2.05) is 0 Å². The van der Waals surface area contributed by atoms with Gasteiger partial charge in [-0.3, -0.25) is 0 Å². The lowest BCUT2D eigenvalue weighted by Gasteiger charge is -2.11. The molecule has 0 aliphatic carbocycles. The summed E-state index contributed by atoms with van der Waals surface area (Å²) < 4.78 is 40.5. The molecule has 0 saturated carbocycles. The normalized spacial score (nSPS) is 13.7. The number of hydrogen-bond acceptors (Lipinski definition) is 4. The van der Waals surface area contributed by atoms with Crippen LogP contribution in [-0.2, 0) is 4.74 Å². The summed E-state index contributed by atoms with van der Waals surface area (Å²) in [6.07, 6.45) is -7.28. The van der Waals surface area contributed by atoms with Gasteiger partial charge in [0, 0.05) is 10.3 Å². The Morgan fingerprint density at radius 1 is 1.60 bits per heavy atom. The summed E-state index contributed by atoms with van der Waals surface area (Å²) in [5, 5.41) is 10.1. The Bertz CT molecular complexity index is 358. The zero-order valence-electron chi connectivity index (χ0n) is 7.54. The average Bonchev–Trinajstić information content (AvgIpc) is 2.62. The number of esters is 1. The van der Waals surface area contributed by atoms with Crippen LogP contribution in [0.15, 0.2) is 11.4 Å². The van der Waals surface area contributed by atoms with Crippen LogP contribution < -0.4 is 0 Å². The van der Waals surface area contributed by atoms with E-state index < -0.39 is 18.2 Å². The van der Waals surface area contributed by atoms with Crippen molar-refractivity contribution in [2.24, 2.45) is 0 Å². The number of carbonyl (C=O) groups is 1. The molecular formula is C8H7F3O3S. The van der Waals surface area contributed by atoms with Gasteiger partial charge in [-0.15, -0.1) is 11.3 Å². The maximum absolute atomic E-state index is 12.1. The van der Waals surface area contributed by atoms with E-state index in [0.717, 1.165) is 13.2 Å². The first-order valence-corrected chi connectivity index (χ1v) is 4.65. The predicted molar refractivity (Wildman–Crippen MR) is 46.7 cm³/mol. The predicted octanol–water partition coefficient (Wildman–Crippen LogP) is 2.13. The van der Waals surface area contributed by atoms with Gasteiger partial charge < -0.3 is 9.84 Å². The topological polar surface area (TPSA) is 46.5 Å². The Labute approximate surface area is 87.1 Å². The maximum atomic E-state index is 12.1. The smallest absolute Gasteiger partial charge is 0.419 e. The number of carbonyl (C=O) groups excluding carboxylic acids is 1. The van der Waals surface area contributed by atoms with E-state index >= 15 is 0 Å². The number of halogens is 3. The third-order valence-electron chi connectivity index (χ3n) is 1.62. The summed E-state index contributed by atoms with van der Waals surface area (Å²) in [7, 11) is 1.12. The molecule has 0 saturated heterocycles. The highest BCUT2D eigenvalue weighted by Crippen LogP contribution is 2.35. The second-order valence-corrected chi connectivity index (χ2v) is 3.62. The second kappa shape index (κ2) is 4.19. The summed E-state index contributed by atoms with van der Waals surface area (Å²) in [5.74, 6) is -0.730. The standard InChI is InChI=1S/C8H7F3O3S/c1-14-7(13)4-2-5(15-3-4)6(12)8(9,10)11/h2-3,6,12H,1H3. The number of thiophene rings is 1. The van der Waals surface area contributed by atoms with Gasteiger partial charge in [0.25, 0.3) is 0 Å². The van der Waals surface area contributed by atoms with Gasteiger partial charge in [0.2, 0.25) is 0 Å². The molecule has 15 heavy (non-hydrogen) atoms.